The molecule has 2 rings (SSSR count). The zero-order valence-electron chi connectivity index (χ0n) is 7.32. The van der Waals surface area contributed by atoms with Crippen molar-refractivity contribution >= 4 is 34.9 Å². The van der Waals surface area contributed by atoms with Crippen LogP contribution in [-0.4, -0.2) is 21.0 Å². The number of aromatic amines is 1. The highest BCUT2D eigenvalue weighted by Crippen LogP contribution is 2.32. The second-order valence-electron chi connectivity index (χ2n) is 2.75. The molecule has 0 fully saturated rings. The smallest absolute Gasteiger partial charge is 0.356 e. The molecule has 0 aliphatic rings. The third kappa shape index (κ3) is 1.81. The lowest BCUT2D eigenvalue weighted by Crippen LogP contribution is -1.98. The summed E-state index contributed by atoms with van der Waals surface area (Å²) in [6, 6.07) is 3.40. The first-order valence-corrected chi connectivity index (χ1v) is 5.12. The lowest BCUT2D eigenvalue weighted by atomic mass is 10.3. The van der Waals surface area contributed by atoms with Crippen LogP contribution in [0, 0.1) is 0 Å². The average Bonchev–Trinajstić information content (AvgIpc) is 2.71. The standard InChI is InChI=1S/C8H6ClN3O2S/c9-4-2-1-3(15-4)5-6(7(13)14)12-8(10)11-5/h1-2H,(H,13,14)(H3,10,11,12). The zero-order valence-corrected chi connectivity index (χ0v) is 8.89. The summed E-state index contributed by atoms with van der Waals surface area (Å²) in [4.78, 5) is 17.9. The molecule has 0 saturated heterocycles. The van der Waals surface area contributed by atoms with Gasteiger partial charge in [0.05, 0.1) is 14.9 Å². The molecule has 2 aromatic rings. The third-order valence-electron chi connectivity index (χ3n) is 1.74. The number of thiophene rings is 1. The first-order valence-electron chi connectivity index (χ1n) is 3.92. The summed E-state index contributed by atoms with van der Waals surface area (Å²) in [5.74, 6) is -1.05. The molecule has 0 spiro atoms. The van der Waals surface area contributed by atoms with Crippen molar-refractivity contribution in [2.24, 2.45) is 0 Å². The molecule has 0 aromatic carbocycles. The predicted octanol–water partition coefficient (Wildman–Crippen LogP) is 2.07. The summed E-state index contributed by atoms with van der Waals surface area (Å²) in [5.41, 5.74) is 5.70. The topological polar surface area (TPSA) is 92.0 Å². The largest absolute Gasteiger partial charge is 0.476 e. The molecule has 0 bridgehead atoms. The molecular formula is C8H6ClN3O2S. The number of nitrogen functional groups attached to an aromatic ring is 1. The van der Waals surface area contributed by atoms with Gasteiger partial charge in [-0.05, 0) is 12.1 Å². The van der Waals surface area contributed by atoms with Crippen LogP contribution in [0.2, 0.25) is 4.34 Å². The molecule has 0 saturated carbocycles. The number of imidazole rings is 1. The lowest BCUT2D eigenvalue weighted by molar-refractivity contribution is 0.0692. The summed E-state index contributed by atoms with van der Waals surface area (Å²) in [6.45, 7) is 0. The fourth-order valence-corrected chi connectivity index (χ4v) is 2.22. The van der Waals surface area contributed by atoms with Crippen LogP contribution in [0.15, 0.2) is 12.1 Å². The number of carboxylic acids is 1. The number of aromatic carboxylic acids is 1. The molecular weight excluding hydrogens is 238 g/mol. The molecule has 4 N–H and O–H groups in total. The van der Waals surface area contributed by atoms with E-state index in [9.17, 15) is 4.79 Å². The van der Waals surface area contributed by atoms with Gasteiger partial charge in [-0.25, -0.2) is 9.78 Å². The molecule has 0 radical (unpaired) electrons. The number of rotatable bonds is 2. The van der Waals surface area contributed by atoms with E-state index in [2.05, 4.69) is 9.97 Å². The van der Waals surface area contributed by atoms with E-state index in [0.29, 0.717) is 14.9 Å². The highest BCUT2D eigenvalue weighted by atomic mass is 35.5. The molecule has 7 heteroatoms. The van der Waals surface area contributed by atoms with Crippen LogP contribution in [-0.2, 0) is 0 Å². The summed E-state index contributed by atoms with van der Waals surface area (Å²) in [5, 5.41) is 8.88. The number of anilines is 1. The quantitative estimate of drug-likeness (QED) is 0.753. The highest BCUT2D eigenvalue weighted by molar-refractivity contribution is 7.19. The molecule has 2 heterocycles. The van der Waals surface area contributed by atoms with E-state index in [0.717, 1.165) is 0 Å². The van der Waals surface area contributed by atoms with Crippen LogP contribution in [0.25, 0.3) is 10.6 Å². The van der Waals surface area contributed by atoms with Crippen LogP contribution in [0.4, 0.5) is 5.95 Å². The SMILES string of the molecule is Nc1nc(C(=O)O)c(-c2ccc(Cl)s2)[nH]1. The van der Waals surface area contributed by atoms with Crippen molar-refractivity contribution < 1.29 is 9.90 Å². The Morgan fingerprint density at radius 3 is 2.87 bits per heavy atom. The molecule has 0 unspecified atom stereocenters. The van der Waals surface area contributed by atoms with E-state index >= 15 is 0 Å². The number of aromatic nitrogens is 2. The van der Waals surface area contributed by atoms with Crippen LogP contribution in [0.3, 0.4) is 0 Å². The fourth-order valence-electron chi connectivity index (χ4n) is 1.17. The van der Waals surface area contributed by atoms with Gasteiger partial charge in [-0.1, -0.05) is 11.6 Å². The van der Waals surface area contributed by atoms with Crippen molar-refractivity contribution in [2.45, 2.75) is 0 Å². The van der Waals surface area contributed by atoms with E-state index < -0.39 is 5.97 Å². The molecule has 2 aromatic heterocycles. The molecule has 0 aliphatic carbocycles. The van der Waals surface area contributed by atoms with Crippen molar-refractivity contribution in [2.75, 3.05) is 5.73 Å². The Morgan fingerprint density at radius 1 is 1.60 bits per heavy atom. The van der Waals surface area contributed by atoms with Gasteiger partial charge in [0.1, 0.15) is 0 Å². The maximum Gasteiger partial charge on any atom is 0.356 e. The number of hydrogen-bond acceptors (Lipinski definition) is 4. The van der Waals surface area contributed by atoms with Gasteiger partial charge in [0, 0.05) is 0 Å². The molecule has 0 aliphatic heterocycles. The monoisotopic (exact) mass is 243 g/mol. The Bertz CT molecular complexity index is 520. The minimum atomic E-state index is -1.12. The first-order chi connectivity index (χ1) is 7.08. The maximum atomic E-state index is 10.8. The van der Waals surface area contributed by atoms with Crippen LogP contribution in [0.1, 0.15) is 10.5 Å². The highest BCUT2D eigenvalue weighted by Gasteiger charge is 2.18. The van der Waals surface area contributed by atoms with E-state index in [-0.39, 0.29) is 11.6 Å². The molecule has 15 heavy (non-hydrogen) atoms. The Morgan fingerprint density at radius 2 is 2.33 bits per heavy atom. The van der Waals surface area contributed by atoms with Gasteiger partial charge in [0.2, 0.25) is 0 Å². The molecule has 5 nitrogen and oxygen atoms in total. The number of nitrogens with one attached hydrogen (secondary N) is 1. The first kappa shape index (κ1) is 10.0. The fraction of sp³-hybridized carbons (Fsp3) is 0. The van der Waals surface area contributed by atoms with Gasteiger partial charge < -0.3 is 15.8 Å². The van der Waals surface area contributed by atoms with Crippen molar-refractivity contribution in [3.63, 3.8) is 0 Å². The van der Waals surface area contributed by atoms with Gasteiger partial charge in [-0.15, -0.1) is 11.3 Å². The second kappa shape index (κ2) is 3.56. The van der Waals surface area contributed by atoms with E-state index in [4.69, 9.17) is 22.4 Å². The van der Waals surface area contributed by atoms with E-state index in [1.807, 2.05) is 0 Å². The van der Waals surface area contributed by atoms with Crippen LogP contribution < -0.4 is 5.73 Å². The summed E-state index contributed by atoms with van der Waals surface area (Å²) >= 11 is 7.02. The summed E-state index contributed by atoms with van der Waals surface area (Å²) < 4.78 is 0.578. The minimum absolute atomic E-state index is 0.0759. The number of nitrogens with two attached hydrogens (primary N) is 1. The number of hydrogen-bond donors (Lipinski definition) is 3. The minimum Gasteiger partial charge on any atom is -0.476 e. The van der Waals surface area contributed by atoms with Crippen LogP contribution in [0.5, 0.6) is 0 Å². The number of carboxylic acid groups (broad SMARTS) is 1. The van der Waals surface area contributed by atoms with Gasteiger partial charge in [0.25, 0.3) is 0 Å². The van der Waals surface area contributed by atoms with E-state index in [1.165, 1.54) is 11.3 Å². The Balaban J connectivity index is 2.56. The molecule has 0 amide bonds. The van der Waals surface area contributed by atoms with Gasteiger partial charge in [0.15, 0.2) is 11.6 Å². The van der Waals surface area contributed by atoms with Crippen molar-refractivity contribution in [3.8, 4) is 10.6 Å². The van der Waals surface area contributed by atoms with Gasteiger partial charge in [-0.3, -0.25) is 0 Å². The van der Waals surface area contributed by atoms with Crippen molar-refractivity contribution in [1.29, 1.82) is 0 Å². The van der Waals surface area contributed by atoms with Crippen molar-refractivity contribution in [1.82, 2.24) is 9.97 Å². The van der Waals surface area contributed by atoms with Crippen LogP contribution >= 0.6 is 22.9 Å². The van der Waals surface area contributed by atoms with E-state index in [1.54, 1.807) is 12.1 Å². The third-order valence-corrected chi connectivity index (χ3v) is 2.99. The molecule has 78 valence electrons. The Labute approximate surface area is 93.5 Å². The van der Waals surface area contributed by atoms with Gasteiger partial charge >= 0.3 is 5.97 Å². The maximum absolute atomic E-state index is 10.8. The zero-order chi connectivity index (χ0) is 11.0. The Hall–Kier alpha value is -1.53. The normalized spacial score (nSPS) is 10.5. The number of H-pyrrole nitrogens is 1. The average molecular weight is 244 g/mol. The van der Waals surface area contributed by atoms with Crippen molar-refractivity contribution in [3.05, 3.63) is 22.2 Å². The lowest BCUT2D eigenvalue weighted by Gasteiger charge is -1.93. The number of nitrogens with zero attached hydrogens (tertiary/aromatic N) is 1. The predicted molar refractivity (Wildman–Crippen MR) is 58.3 cm³/mol. The second-order valence-corrected chi connectivity index (χ2v) is 4.47. The number of carbonyl (C=O) groups is 1. The van der Waals surface area contributed by atoms with Gasteiger partial charge in [-0.2, -0.15) is 0 Å². The molecule has 0 atom stereocenters. The number of halogens is 1. The Kier molecular flexibility index (Phi) is 2.37. The summed E-state index contributed by atoms with van der Waals surface area (Å²) in [7, 11) is 0. The summed E-state index contributed by atoms with van der Waals surface area (Å²) in [6.07, 6.45) is 0.